The standard InChI is InChI=1S/C15H19N3O/c1-3-10-18-11-14(4-5-15(18)19)17-12(2)13-6-8-16-9-7-13/h4-9,11-12,17H,3,10H2,1-2H3. The molecule has 100 valence electrons. The number of nitrogens with one attached hydrogen (secondary N) is 1. The maximum atomic E-state index is 11.6. The van der Waals surface area contributed by atoms with Crippen LogP contribution in [-0.4, -0.2) is 9.55 Å². The van der Waals surface area contributed by atoms with Crippen LogP contribution in [0.5, 0.6) is 0 Å². The fourth-order valence-electron chi connectivity index (χ4n) is 2.02. The Labute approximate surface area is 113 Å². The quantitative estimate of drug-likeness (QED) is 0.896. The van der Waals surface area contributed by atoms with Crippen LogP contribution in [0.3, 0.4) is 0 Å². The predicted octanol–water partition coefficient (Wildman–Crippen LogP) is 2.83. The number of hydrogen-bond donors (Lipinski definition) is 1. The fraction of sp³-hybridized carbons (Fsp3) is 0.333. The van der Waals surface area contributed by atoms with Gasteiger partial charge in [-0.2, -0.15) is 0 Å². The van der Waals surface area contributed by atoms with Crippen molar-refractivity contribution < 1.29 is 0 Å². The van der Waals surface area contributed by atoms with Crippen LogP contribution in [0, 0.1) is 0 Å². The zero-order chi connectivity index (χ0) is 13.7. The Hall–Kier alpha value is -2.10. The molecule has 2 rings (SSSR count). The molecule has 0 amide bonds. The molecule has 4 heteroatoms. The van der Waals surface area contributed by atoms with Crippen LogP contribution in [0.25, 0.3) is 0 Å². The molecule has 0 aliphatic carbocycles. The maximum Gasteiger partial charge on any atom is 0.250 e. The molecule has 4 nitrogen and oxygen atoms in total. The summed E-state index contributed by atoms with van der Waals surface area (Å²) >= 11 is 0. The third-order valence-corrected chi connectivity index (χ3v) is 3.04. The number of aromatic nitrogens is 2. The minimum atomic E-state index is 0.0453. The van der Waals surface area contributed by atoms with Gasteiger partial charge in [-0.05, 0) is 37.1 Å². The summed E-state index contributed by atoms with van der Waals surface area (Å²) in [6.45, 7) is 4.90. The van der Waals surface area contributed by atoms with E-state index in [1.54, 1.807) is 23.0 Å². The van der Waals surface area contributed by atoms with E-state index in [2.05, 4.69) is 24.1 Å². The average Bonchev–Trinajstić information content (AvgIpc) is 2.44. The topological polar surface area (TPSA) is 46.9 Å². The van der Waals surface area contributed by atoms with E-state index in [9.17, 15) is 4.79 Å². The lowest BCUT2D eigenvalue weighted by Crippen LogP contribution is -2.19. The summed E-state index contributed by atoms with van der Waals surface area (Å²) in [6, 6.07) is 7.58. The van der Waals surface area contributed by atoms with E-state index >= 15 is 0 Å². The summed E-state index contributed by atoms with van der Waals surface area (Å²) in [4.78, 5) is 15.7. The van der Waals surface area contributed by atoms with Crippen molar-refractivity contribution in [3.05, 3.63) is 58.8 Å². The first kappa shape index (κ1) is 13.3. The molecule has 0 saturated carbocycles. The average molecular weight is 257 g/mol. The van der Waals surface area contributed by atoms with Crippen molar-refractivity contribution in [1.29, 1.82) is 0 Å². The van der Waals surface area contributed by atoms with Gasteiger partial charge in [0.15, 0.2) is 0 Å². The van der Waals surface area contributed by atoms with Gasteiger partial charge in [0, 0.05) is 37.2 Å². The Balaban J connectivity index is 2.15. The molecule has 0 fully saturated rings. The Morgan fingerprint density at radius 2 is 2.00 bits per heavy atom. The van der Waals surface area contributed by atoms with E-state index in [1.807, 2.05) is 24.4 Å². The Bertz CT molecular complexity index is 577. The van der Waals surface area contributed by atoms with Gasteiger partial charge >= 0.3 is 0 Å². The van der Waals surface area contributed by atoms with E-state index in [0.29, 0.717) is 0 Å². The smallest absolute Gasteiger partial charge is 0.250 e. The molecule has 0 spiro atoms. The van der Waals surface area contributed by atoms with Gasteiger partial charge in [0.25, 0.3) is 5.56 Å². The molecule has 1 unspecified atom stereocenters. The van der Waals surface area contributed by atoms with E-state index in [4.69, 9.17) is 0 Å². The molecular weight excluding hydrogens is 238 g/mol. The molecule has 1 atom stereocenters. The SMILES string of the molecule is CCCn1cc(NC(C)c2ccncc2)ccc1=O. The van der Waals surface area contributed by atoms with Crippen LogP contribution >= 0.6 is 0 Å². The minimum absolute atomic E-state index is 0.0453. The molecule has 19 heavy (non-hydrogen) atoms. The zero-order valence-corrected chi connectivity index (χ0v) is 11.3. The van der Waals surface area contributed by atoms with Crippen LogP contribution in [-0.2, 0) is 6.54 Å². The molecule has 0 aromatic carbocycles. The van der Waals surface area contributed by atoms with Gasteiger partial charge < -0.3 is 9.88 Å². The number of rotatable bonds is 5. The highest BCUT2D eigenvalue weighted by atomic mass is 16.1. The number of pyridine rings is 2. The second-order valence-corrected chi connectivity index (χ2v) is 4.60. The summed E-state index contributed by atoms with van der Waals surface area (Å²) in [5.41, 5.74) is 2.17. The molecule has 2 heterocycles. The van der Waals surface area contributed by atoms with Crippen molar-refractivity contribution in [3.63, 3.8) is 0 Å². The third kappa shape index (κ3) is 3.44. The van der Waals surface area contributed by atoms with Crippen molar-refractivity contribution in [2.24, 2.45) is 0 Å². The first-order chi connectivity index (χ1) is 9.20. The zero-order valence-electron chi connectivity index (χ0n) is 11.3. The molecule has 1 N–H and O–H groups in total. The van der Waals surface area contributed by atoms with E-state index < -0.39 is 0 Å². The van der Waals surface area contributed by atoms with Crippen molar-refractivity contribution in [3.8, 4) is 0 Å². The fourth-order valence-corrected chi connectivity index (χ4v) is 2.02. The largest absolute Gasteiger partial charge is 0.377 e. The van der Waals surface area contributed by atoms with Gasteiger partial charge in [0.1, 0.15) is 0 Å². The Morgan fingerprint density at radius 3 is 2.68 bits per heavy atom. The first-order valence-electron chi connectivity index (χ1n) is 6.57. The molecule has 0 aliphatic rings. The lowest BCUT2D eigenvalue weighted by molar-refractivity contribution is 0.654. The predicted molar refractivity (Wildman–Crippen MR) is 77.3 cm³/mol. The van der Waals surface area contributed by atoms with Crippen molar-refractivity contribution in [1.82, 2.24) is 9.55 Å². The maximum absolute atomic E-state index is 11.6. The highest BCUT2D eigenvalue weighted by Crippen LogP contribution is 2.17. The molecule has 0 saturated heterocycles. The second-order valence-electron chi connectivity index (χ2n) is 4.60. The highest BCUT2D eigenvalue weighted by Gasteiger charge is 2.05. The molecular formula is C15H19N3O. The number of anilines is 1. The van der Waals surface area contributed by atoms with Crippen molar-refractivity contribution >= 4 is 5.69 Å². The van der Waals surface area contributed by atoms with Crippen LogP contribution in [0.15, 0.2) is 47.7 Å². The van der Waals surface area contributed by atoms with Gasteiger partial charge in [-0.3, -0.25) is 9.78 Å². The van der Waals surface area contributed by atoms with Crippen molar-refractivity contribution in [2.75, 3.05) is 5.32 Å². The highest BCUT2D eigenvalue weighted by molar-refractivity contribution is 5.42. The van der Waals surface area contributed by atoms with E-state index in [0.717, 1.165) is 18.7 Å². The van der Waals surface area contributed by atoms with E-state index in [1.165, 1.54) is 5.56 Å². The Kier molecular flexibility index (Phi) is 4.34. The van der Waals surface area contributed by atoms with E-state index in [-0.39, 0.29) is 11.6 Å². The van der Waals surface area contributed by atoms with Gasteiger partial charge in [-0.1, -0.05) is 6.92 Å². The minimum Gasteiger partial charge on any atom is -0.377 e. The number of aryl methyl sites for hydroxylation is 1. The van der Waals surface area contributed by atoms with Gasteiger partial charge in [-0.25, -0.2) is 0 Å². The first-order valence-corrected chi connectivity index (χ1v) is 6.57. The number of hydrogen-bond acceptors (Lipinski definition) is 3. The number of nitrogens with zero attached hydrogens (tertiary/aromatic N) is 2. The lowest BCUT2D eigenvalue weighted by Gasteiger charge is -2.16. The Morgan fingerprint density at radius 1 is 1.26 bits per heavy atom. The summed E-state index contributed by atoms with van der Waals surface area (Å²) < 4.78 is 1.74. The summed E-state index contributed by atoms with van der Waals surface area (Å²) in [6.07, 6.45) is 6.39. The second kappa shape index (κ2) is 6.18. The van der Waals surface area contributed by atoms with Gasteiger partial charge in [0.05, 0.1) is 5.69 Å². The van der Waals surface area contributed by atoms with Crippen LogP contribution in [0.1, 0.15) is 31.9 Å². The van der Waals surface area contributed by atoms with Crippen LogP contribution in [0.2, 0.25) is 0 Å². The van der Waals surface area contributed by atoms with Gasteiger partial charge in [-0.15, -0.1) is 0 Å². The van der Waals surface area contributed by atoms with Crippen LogP contribution < -0.4 is 10.9 Å². The lowest BCUT2D eigenvalue weighted by atomic mass is 10.1. The summed E-state index contributed by atoms with van der Waals surface area (Å²) in [7, 11) is 0. The molecule has 0 radical (unpaired) electrons. The van der Waals surface area contributed by atoms with Gasteiger partial charge in [0.2, 0.25) is 0 Å². The van der Waals surface area contributed by atoms with Crippen molar-refractivity contribution in [2.45, 2.75) is 32.9 Å². The normalized spacial score (nSPS) is 12.1. The molecule has 2 aromatic rings. The summed E-state index contributed by atoms with van der Waals surface area (Å²) in [5, 5.41) is 3.40. The molecule has 0 aliphatic heterocycles. The molecule has 2 aromatic heterocycles. The summed E-state index contributed by atoms with van der Waals surface area (Å²) in [5.74, 6) is 0. The van der Waals surface area contributed by atoms with Crippen LogP contribution in [0.4, 0.5) is 5.69 Å². The molecule has 0 bridgehead atoms. The third-order valence-electron chi connectivity index (χ3n) is 3.04. The monoisotopic (exact) mass is 257 g/mol.